The summed E-state index contributed by atoms with van der Waals surface area (Å²) in [5.41, 5.74) is 1.22. The number of halogens is 1. The number of hydrogen-bond acceptors (Lipinski definition) is 3. The van der Waals surface area contributed by atoms with Gasteiger partial charge in [-0.25, -0.2) is 4.39 Å². The molecule has 2 aromatic carbocycles. The maximum Gasteiger partial charge on any atom is 0.295 e. The Labute approximate surface area is 116 Å². The van der Waals surface area contributed by atoms with E-state index >= 15 is 0 Å². The maximum atomic E-state index is 13.1. The zero-order valence-electron chi connectivity index (χ0n) is 11.0. The first kappa shape index (κ1) is 14.0. The largest absolute Gasteiger partial charge is 0.377 e. The summed E-state index contributed by atoms with van der Waals surface area (Å²) in [6, 6.07) is 13.4. The third-order valence-electron chi connectivity index (χ3n) is 2.94. The Morgan fingerprint density at radius 2 is 1.95 bits per heavy atom. The number of nitro benzene ring substituents is 1. The zero-order valence-corrected chi connectivity index (χ0v) is 11.0. The molecule has 20 heavy (non-hydrogen) atoms. The van der Waals surface area contributed by atoms with E-state index in [2.05, 4.69) is 5.32 Å². The predicted octanol–water partition coefficient (Wildman–Crippen LogP) is 3.78. The monoisotopic (exact) mass is 274 g/mol. The minimum atomic E-state index is -0.613. The Kier molecular flexibility index (Phi) is 4.30. The topological polar surface area (TPSA) is 55.2 Å². The van der Waals surface area contributed by atoms with Gasteiger partial charge in [0.25, 0.3) is 5.69 Å². The molecule has 1 atom stereocenters. The van der Waals surface area contributed by atoms with E-state index in [0.717, 1.165) is 18.1 Å². The van der Waals surface area contributed by atoms with Crippen LogP contribution in [0.15, 0.2) is 48.5 Å². The highest BCUT2D eigenvalue weighted by Gasteiger charge is 2.16. The van der Waals surface area contributed by atoms with Crippen molar-refractivity contribution in [1.82, 2.24) is 0 Å². The van der Waals surface area contributed by atoms with Gasteiger partial charge >= 0.3 is 0 Å². The van der Waals surface area contributed by atoms with E-state index in [1.807, 2.05) is 37.3 Å². The Hall–Kier alpha value is -2.43. The number of anilines is 1. The second-order valence-electron chi connectivity index (χ2n) is 4.65. The van der Waals surface area contributed by atoms with Gasteiger partial charge in [-0.2, -0.15) is 0 Å². The molecule has 2 rings (SSSR count). The van der Waals surface area contributed by atoms with Crippen LogP contribution in [-0.2, 0) is 6.42 Å². The third-order valence-corrected chi connectivity index (χ3v) is 2.94. The fourth-order valence-electron chi connectivity index (χ4n) is 2.06. The summed E-state index contributed by atoms with van der Waals surface area (Å²) >= 11 is 0. The number of nitrogens with zero attached hydrogens (tertiary/aromatic N) is 1. The van der Waals surface area contributed by atoms with E-state index in [1.54, 1.807) is 0 Å². The van der Waals surface area contributed by atoms with Gasteiger partial charge in [0.1, 0.15) is 11.5 Å². The molecule has 2 aromatic rings. The van der Waals surface area contributed by atoms with Crippen LogP contribution in [0.4, 0.5) is 15.8 Å². The quantitative estimate of drug-likeness (QED) is 0.667. The van der Waals surface area contributed by atoms with Crippen molar-refractivity contribution in [2.75, 3.05) is 5.32 Å². The molecular formula is C15H15FN2O2. The molecule has 104 valence electrons. The van der Waals surface area contributed by atoms with Crippen LogP contribution in [0.1, 0.15) is 12.5 Å². The van der Waals surface area contributed by atoms with Crippen molar-refractivity contribution in [2.24, 2.45) is 0 Å². The van der Waals surface area contributed by atoms with E-state index in [1.165, 1.54) is 12.1 Å². The second kappa shape index (κ2) is 6.14. The maximum absolute atomic E-state index is 13.1. The molecular weight excluding hydrogens is 259 g/mol. The van der Waals surface area contributed by atoms with Crippen LogP contribution in [0, 0.1) is 15.9 Å². The third kappa shape index (κ3) is 3.54. The van der Waals surface area contributed by atoms with E-state index in [0.29, 0.717) is 5.69 Å². The highest BCUT2D eigenvalue weighted by atomic mass is 19.1. The fourth-order valence-corrected chi connectivity index (χ4v) is 2.06. The first-order valence-corrected chi connectivity index (χ1v) is 6.30. The number of hydrogen-bond donors (Lipinski definition) is 1. The molecule has 0 saturated carbocycles. The summed E-state index contributed by atoms with van der Waals surface area (Å²) < 4.78 is 13.1. The molecule has 0 bridgehead atoms. The molecule has 0 heterocycles. The highest BCUT2D eigenvalue weighted by molar-refractivity contribution is 5.61. The molecule has 1 unspecified atom stereocenters. The summed E-state index contributed by atoms with van der Waals surface area (Å²) in [6.07, 6.45) is 0.732. The predicted molar refractivity (Wildman–Crippen MR) is 76.3 cm³/mol. The Morgan fingerprint density at radius 3 is 2.60 bits per heavy atom. The summed E-state index contributed by atoms with van der Waals surface area (Å²) in [5, 5.41) is 14.0. The van der Waals surface area contributed by atoms with Crippen molar-refractivity contribution in [2.45, 2.75) is 19.4 Å². The minimum Gasteiger partial charge on any atom is -0.377 e. The van der Waals surface area contributed by atoms with E-state index in [-0.39, 0.29) is 11.7 Å². The Morgan fingerprint density at radius 1 is 1.25 bits per heavy atom. The van der Waals surface area contributed by atoms with Crippen molar-refractivity contribution in [3.05, 3.63) is 70.0 Å². The van der Waals surface area contributed by atoms with Gasteiger partial charge in [-0.05, 0) is 31.0 Å². The van der Waals surface area contributed by atoms with Crippen LogP contribution < -0.4 is 5.32 Å². The van der Waals surface area contributed by atoms with E-state index in [9.17, 15) is 14.5 Å². The highest BCUT2D eigenvalue weighted by Crippen LogP contribution is 2.26. The lowest BCUT2D eigenvalue weighted by molar-refractivity contribution is -0.384. The van der Waals surface area contributed by atoms with Gasteiger partial charge in [0, 0.05) is 6.04 Å². The number of benzene rings is 2. The SMILES string of the molecule is CC(Cc1ccccc1)Nc1ccc(F)cc1[N+](=O)[O-]. The average Bonchev–Trinajstić information content (AvgIpc) is 2.41. The summed E-state index contributed by atoms with van der Waals surface area (Å²) in [6.45, 7) is 1.93. The van der Waals surface area contributed by atoms with Gasteiger partial charge in [-0.1, -0.05) is 30.3 Å². The smallest absolute Gasteiger partial charge is 0.295 e. The first-order chi connectivity index (χ1) is 9.56. The standard InChI is InChI=1S/C15H15FN2O2/c1-11(9-12-5-3-2-4-6-12)17-14-8-7-13(16)10-15(14)18(19)20/h2-8,10-11,17H,9H2,1H3. The normalized spacial score (nSPS) is 11.9. The van der Waals surface area contributed by atoms with Gasteiger partial charge < -0.3 is 5.32 Å². The van der Waals surface area contributed by atoms with Crippen LogP contribution in [0.2, 0.25) is 0 Å². The molecule has 0 radical (unpaired) electrons. The van der Waals surface area contributed by atoms with Gasteiger partial charge in [0.15, 0.2) is 0 Å². The second-order valence-corrected chi connectivity index (χ2v) is 4.65. The van der Waals surface area contributed by atoms with Crippen molar-refractivity contribution >= 4 is 11.4 Å². The van der Waals surface area contributed by atoms with Crippen LogP contribution in [0.3, 0.4) is 0 Å². The van der Waals surface area contributed by atoms with E-state index < -0.39 is 10.7 Å². The lowest BCUT2D eigenvalue weighted by Gasteiger charge is -2.15. The molecule has 4 nitrogen and oxygen atoms in total. The molecule has 5 heteroatoms. The van der Waals surface area contributed by atoms with Crippen molar-refractivity contribution in [1.29, 1.82) is 0 Å². The van der Waals surface area contributed by atoms with Crippen LogP contribution in [0.25, 0.3) is 0 Å². The van der Waals surface area contributed by atoms with Crippen molar-refractivity contribution in [3.8, 4) is 0 Å². The average molecular weight is 274 g/mol. The van der Waals surface area contributed by atoms with Gasteiger partial charge in [-0.3, -0.25) is 10.1 Å². The summed E-state index contributed by atoms with van der Waals surface area (Å²) in [7, 11) is 0. The number of nitrogens with one attached hydrogen (secondary N) is 1. The Balaban J connectivity index is 2.11. The van der Waals surface area contributed by atoms with Crippen molar-refractivity contribution in [3.63, 3.8) is 0 Å². The van der Waals surface area contributed by atoms with Crippen LogP contribution in [0.5, 0.6) is 0 Å². The molecule has 0 aliphatic rings. The summed E-state index contributed by atoms with van der Waals surface area (Å²) in [5.74, 6) is -0.613. The molecule has 0 aliphatic heterocycles. The number of rotatable bonds is 5. The first-order valence-electron chi connectivity index (χ1n) is 6.30. The lowest BCUT2D eigenvalue weighted by Crippen LogP contribution is -2.18. The Bertz CT molecular complexity index is 602. The van der Waals surface area contributed by atoms with Gasteiger partial charge in [0.05, 0.1) is 11.0 Å². The molecule has 0 aromatic heterocycles. The van der Waals surface area contributed by atoms with Gasteiger partial charge in [-0.15, -0.1) is 0 Å². The molecule has 0 aliphatic carbocycles. The van der Waals surface area contributed by atoms with E-state index in [4.69, 9.17) is 0 Å². The minimum absolute atomic E-state index is 0.00145. The molecule has 1 N–H and O–H groups in total. The van der Waals surface area contributed by atoms with Crippen LogP contribution in [-0.4, -0.2) is 11.0 Å². The summed E-state index contributed by atoms with van der Waals surface area (Å²) in [4.78, 5) is 10.3. The molecule has 0 amide bonds. The fraction of sp³-hybridized carbons (Fsp3) is 0.200. The molecule has 0 spiro atoms. The van der Waals surface area contributed by atoms with Crippen molar-refractivity contribution < 1.29 is 9.31 Å². The zero-order chi connectivity index (χ0) is 14.5. The van der Waals surface area contributed by atoms with Crippen LogP contribution >= 0.6 is 0 Å². The lowest BCUT2D eigenvalue weighted by atomic mass is 10.1. The molecule has 0 fully saturated rings. The van der Waals surface area contributed by atoms with Gasteiger partial charge in [0.2, 0.25) is 0 Å². The molecule has 0 saturated heterocycles. The number of nitro groups is 1.